The van der Waals surface area contributed by atoms with Crippen LogP contribution in [0.15, 0.2) is 58.2 Å². The molecule has 0 aliphatic heterocycles. The topological polar surface area (TPSA) is 120 Å². The van der Waals surface area contributed by atoms with Crippen LogP contribution in [-0.2, 0) is 11.2 Å². The maximum Gasteiger partial charge on any atom is 0.277 e. The first kappa shape index (κ1) is 19.4. The molecule has 9 nitrogen and oxygen atoms in total. The second-order valence-electron chi connectivity index (χ2n) is 5.63. The van der Waals surface area contributed by atoms with E-state index >= 15 is 0 Å². The lowest BCUT2D eigenvalue weighted by atomic mass is 10.1. The van der Waals surface area contributed by atoms with Gasteiger partial charge in [-0.15, -0.1) is 10.2 Å². The number of rotatable bonds is 8. The number of anilines is 1. The van der Waals surface area contributed by atoms with Crippen molar-refractivity contribution in [1.82, 2.24) is 10.2 Å². The van der Waals surface area contributed by atoms with Crippen molar-refractivity contribution < 1.29 is 18.9 Å². The molecule has 10 heteroatoms. The van der Waals surface area contributed by atoms with Gasteiger partial charge in [0, 0.05) is 17.8 Å². The summed E-state index contributed by atoms with van der Waals surface area (Å²) in [5.74, 6) is 0.903. The number of hydrogen-bond donors (Lipinski definition) is 1. The number of nitro groups is 1. The summed E-state index contributed by atoms with van der Waals surface area (Å²) in [4.78, 5) is 22.3. The van der Waals surface area contributed by atoms with Crippen LogP contribution >= 0.6 is 11.8 Å². The second kappa shape index (κ2) is 9.00. The number of non-ortho nitro benzene ring substituents is 1. The van der Waals surface area contributed by atoms with Crippen LogP contribution in [0.1, 0.15) is 11.5 Å². The lowest BCUT2D eigenvalue weighted by molar-refractivity contribution is -0.384. The fourth-order valence-electron chi connectivity index (χ4n) is 2.31. The monoisotopic (exact) mass is 400 g/mol. The number of methoxy groups -OCH3 is 1. The highest BCUT2D eigenvalue weighted by atomic mass is 32.2. The molecule has 28 heavy (non-hydrogen) atoms. The minimum atomic E-state index is -0.521. The summed E-state index contributed by atoms with van der Waals surface area (Å²) in [6.45, 7) is 0. The first-order valence-electron chi connectivity index (χ1n) is 8.16. The Balaban J connectivity index is 1.51. The van der Waals surface area contributed by atoms with E-state index in [1.54, 1.807) is 13.2 Å². The third-order valence-electron chi connectivity index (χ3n) is 3.63. The molecule has 0 fully saturated rings. The molecule has 2 aromatic carbocycles. The molecular weight excluding hydrogens is 384 g/mol. The van der Waals surface area contributed by atoms with E-state index in [9.17, 15) is 14.9 Å². The summed E-state index contributed by atoms with van der Waals surface area (Å²) in [6.07, 6.45) is 0.470. The number of benzene rings is 2. The highest BCUT2D eigenvalue weighted by Crippen LogP contribution is 2.21. The Kier molecular flexibility index (Phi) is 6.22. The van der Waals surface area contributed by atoms with Crippen LogP contribution in [0.5, 0.6) is 5.75 Å². The molecular formula is C18H16N4O5S. The first-order valence-corrected chi connectivity index (χ1v) is 9.14. The zero-order valence-corrected chi connectivity index (χ0v) is 15.6. The molecule has 3 aromatic rings. The molecule has 0 atom stereocenters. The van der Waals surface area contributed by atoms with Crippen molar-refractivity contribution in [2.45, 2.75) is 11.6 Å². The van der Waals surface area contributed by atoms with Gasteiger partial charge in [-0.3, -0.25) is 14.9 Å². The Labute approximate surface area is 164 Å². The number of carbonyl (C=O) groups excluding carboxylic acids is 1. The average molecular weight is 400 g/mol. The normalized spacial score (nSPS) is 10.5. The van der Waals surface area contributed by atoms with Crippen molar-refractivity contribution in [2.24, 2.45) is 0 Å². The molecule has 0 bridgehead atoms. The van der Waals surface area contributed by atoms with E-state index in [4.69, 9.17) is 9.15 Å². The molecule has 1 aromatic heterocycles. The van der Waals surface area contributed by atoms with Gasteiger partial charge in [0.15, 0.2) is 0 Å². The van der Waals surface area contributed by atoms with Gasteiger partial charge in [-0.1, -0.05) is 30.0 Å². The van der Waals surface area contributed by atoms with Crippen molar-refractivity contribution in [1.29, 1.82) is 0 Å². The number of aromatic nitrogens is 2. The van der Waals surface area contributed by atoms with Crippen LogP contribution < -0.4 is 10.1 Å². The zero-order chi connectivity index (χ0) is 19.9. The molecule has 1 heterocycles. The van der Waals surface area contributed by atoms with Gasteiger partial charge in [0.2, 0.25) is 11.8 Å². The van der Waals surface area contributed by atoms with E-state index in [-0.39, 0.29) is 22.6 Å². The lowest BCUT2D eigenvalue weighted by Crippen LogP contribution is -2.14. The molecule has 1 amide bonds. The lowest BCUT2D eigenvalue weighted by Gasteiger charge is -2.03. The Hall–Kier alpha value is -3.40. The minimum absolute atomic E-state index is 0.0346. The Bertz CT molecular complexity index is 974. The van der Waals surface area contributed by atoms with Crippen LogP contribution in [0.25, 0.3) is 0 Å². The van der Waals surface area contributed by atoms with E-state index in [0.717, 1.165) is 23.1 Å². The summed E-state index contributed by atoms with van der Waals surface area (Å²) in [7, 11) is 1.60. The first-order chi connectivity index (χ1) is 13.5. The van der Waals surface area contributed by atoms with Crippen LogP contribution in [-0.4, -0.2) is 33.9 Å². The van der Waals surface area contributed by atoms with Crippen LogP contribution in [0.4, 0.5) is 11.4 Å². The van der Waals surface area contributed by atoms with E-state index < -0.39 is 4.92 Å². The van der Waals surface area contributed by atoms with E-state index in [2.05, 4.69) is 15.5 Å². The van der Waals surface area contributed by atoms with Crippen LogP contribution in [0, 0.1) is 10.1 Å². The summed E-state index contributed by atoms with van der Waals surface area (Å²) >= 11 is 1.09. The predicted molar refractivity (Wildman–Crippen MR) is 103 cm³/mol. The summed E-state index contributed by atoms with van der Waals surface area (Å²) < 4.78 is 10.6. The quantitative estimate of drug-likeness (QED) is 0.347. The van der Waals surface area contributed by atoms with E-state index in [0.29, 0.717) is 18.0 Å². The highest BCUT2D eigenvalue weighted by molar-refractivity contribution is 7.99. The van der Waals surface area contributed by atoms with Crippen molar-refractivity contribution in [3.05, 3.63) is 70.1 Å². The number of ether oxygens (including phenoxy) is 1. The van der Waals surface area contributed by atoms with E-state index in [1.165, 1.54) is 18.2 Å². The van der Waals surface area contributed by atoms with Gasteiger partial charge < -0.3 is 14.5 Å². The molecule has 0 unspecified atom stereocenters. The fourth-order valence-corrected chi connectivity index (χ4v) is 2.89. The van der Waals surface area contributed by atoms with Gasteiger partial charge in [0.05, 0.1) is 24.2 Å². The van der Waals surface area contributed by atoms with Crippen molar-refractivity contribution >= 4 is 29.0 Å². The molecule has 144 valence electrons. The Morgan fingerprint density at radius 2 is 2.04 bits per heavy atom. The molecule has 0 saturated heterocycles. The zero-order valence-electron chi connectivity index (χ0n) is 14.8. The van der Waals surface area contributed by atoms with Crippen molar-refractivity contribution in [3.8, 4) is 5.75 Å². The van der Waals surface area contributed by atoms with Gasteiger partial charge in [0.25, 0.3) is 10.9 Å². The fraction of sp³-hybridized carbons (Fsp3) is 0.167. The average Bonchev–Trinajstić information content (AvgIpc) is 3.14. The van der Waals surface area contributed by atoms with Crippen LogP contribution in [0.3, 0.4) is 0 Å². The summed E-state index contributed by atoms with van der Waals surface area (Å²) in [5.41, 5.74) is 1.25. The second-order valence-corrected chi connectivity index (χ2v) is 6.56. The summed E-state index contributed by atoms with van der Waals surface area (Å²) in [5, 5.41) is 21.5. The van der Waals surface area contributed by atoms with Crippen molar-refractivity contribution in [3.63, 3.8) is 0 Å². The maximum absolute atomic E-state index is 12.0. The number of nitro benzene ring substituents is 1. The standard InChI is InChI=1S/C18H16N4O5S/c1-26-15-7-5-12(6-8-15)9-17-20-21-18(27-17)28-11-16(23)19-13-3-2-4-14(10-13)22(24)25/h2-8,10H,9,11H2,1H3,(H,19,23). The largest absolute Gasteiger partial charge is 0.497 e. The van der Waals surface area contributed by atoms with E-state index in [1.807, 2.05) is 24.3 Å². The number of amides is 1. The molecule has 0 aliphatic rings. The smallest absolute Gasteiger partial charge is 0.277 e. The predicted octanol–water partition coefficient (Wildman–Crippen LogP) is 3.31. The molecule has 0 aliphatic carbocycles. The number of hydrogen-bond acceptors (Lipinski definition) is 8. The van der Waals surface area contributed by atoms with Crippen molar-refractivity contribution in [2.75, 3.05) is 18.2 Å². The third kappa shape index (κ3) is 5.30. The van der Waals surface area contributed by atoms with Gasteiger partial charge in [0.1, 0.15) is 5.75 Å². The highest BCUT2D eigenvalue weighted by Gasteiger charge is 2.12. The van der Waals surface area contributed by atoms with Gasteiger partial charge in [-0.05, 0) is 23.8 Å². The number of nitrogens with zero attached hydrogens (tertiary/aromatic N) is 3. The molecule has 1 N–H and O–H groups in total. The molecule has 0 spiro atoms. The number of nitrogens with one attached hydrogen (secondary N) is 1. The summed E-state index contributed by atoms with van der Waals surface area (Å²) in [6, 6.07) is 13.2. The van der Waals surface area contributed by atoms with Gasteiger partial charge >= 0.3 is 0 Å². The Morgan fingerprint density at radius 3 is 2.75 bits per heavy atom. The van der Waals surface area contributed by atoms with Gasteiger partial charge in [-0.2, -0.15) is 0 Å². The minimum Gasteiger partial charge on any atom is -0.497 e. The van der Waals surface area contributed by atoms with Gasteiger partial charge in [-0.25, -0.2) is 0 Å². The molecule has 0 saturated carbocycles. The maximum atomic E-state index is 12.0. The SMILES string of the molecule is COc1ccc(Cc2nnc(SCC(=O)Nc3cccc([N+](=O)[O-])c3)o2)cc1. The third-order valence-corrected chi connectivity index (χ3v) is 4.45. The molecule has 0 radical (unpaired) electrons. The molecule has 3 rings (SSSR count). The van der Waals surface area contributed by atoms with Crippen LogP contribution in [0.2, 0.25) is 0 Å². The Morgan fingerprint density at radius 1 is 1.25 bits per heavy atom. The number of carbonyl (C=O) groups is 1. The number of thioether (sulfide) groups is 1.